The number of carbonyl (C=O) groups excluding carboxylic acids is 2. The van der Waals surface area contributed by atoms with Crippen LogP contribution in [0.4, 0.5) is 5.69 Å². The van der Waals surface area contributed by atoms with E-state index in [4.69, 9.17) is 9.15 Å². The van der Waals surface area contributed by atoms with Gasteiger partial charge in [0.25, 0.3) is 5.56 Å². The molecule has 0 aliphatic carbocycles. The number of amides is 2. The summed E-state index contributed by atoms with van der Waals surface area (Å²) in [5.41, 5.74) is 1.84. The fraction of sp³-hybridized carbons (Fsp3) is 0.217. The molecule has 0 bridgehead atoms. The first-order valence-corrected chi connectivity index (χ1v) is 10.2. The molecule has 1 N–H and O–H groups in total. The van der Waals surface area contributed by atoms with Crippen molar-refractivity contribution in [1.82, 2.24) is 14.8 Å². The van der Waals surface area contributed by atoms with E-state index >= 15 is 0 Å². The monoisotopic (exact) mass is 432 g/mol. The van der Waals surface area contributed by atoms with Gasteiger partial charge in [0.15, 0.2) is 5.58 Å². The number of ether oxygens (including phenoxy) is 1. The molecule has 1 aliphatic heterocycles. The van der Waals surface area contributed by atoms with E-state index in [-0.39, 0.29) is 23.9 Å². The van der Waals surface area contributed by atoms with Crippen molar-refractivity contribution >= 4 is 28.6 Å². The molecule has 1 saturated heterocycles. The number of benzene rings is 2. The lowest BCUT2D eigenvalue weighted by Gasteiger charge is -2.15. The summed E-state index contributed by atoms with van der Waals surface area (Å²) < 4.78 is 12.3. The maximum Gasteiger partial charge on any atom is 0.325 e. The number of nitrogens with one attached hydrogen (secondary N) is 1. The van der Waals surface area contributed by atoms with Crippen LogP contribution in [0, 0.1) is 6.92 Å². The lowest BCUT2D eigenvalue weighted by atomic mass is 9.98. The Morgan fingerprint density at radius 1 is 1.12 bits per heavy atom. The molecule has 32 heavy (non-hydrogen) atoms. The Labute approximate surface area is 182 Å². The minimum Gasteiger partial charge on any atom is -0.494 e. The Bertz CT molecular complexity index is 1360. The number of nitrogens with zero attached hydrogens (tertiary/aromatic N) is 3. The van der Waals surface area contributed by atoms with E-state index in [0.717, 1.165) is 4.90 Å². The minimum absolute atomic E-state index is 0.0747. The summed E-state index contributed by atoms with van der Waals surface area (Å²) in [7, 11) is 0. The Morgan fingerprint density at radius 2 is 1.88 bits per heavy atom. The molecule has 0 radical (unpaired) electrons. The summed E-state index contributed by atoms with van der Waals surface area (Å²) in [5.74, 6) is -1.04. The number of para-hydroxylation sites is 2. The molecule has 1 aliphatic rings. The topological polar surface area (TPSA) is 110 Å². The second kappa shape index (κ2) is 7.52. The third-order valence-electron chi connectivity index (χ3n) is 5.49. The van der Waals surface area contributed by atoms with E-state index in [1.165, 1.54) is 4.68 Å². The van der Waals surface area contributed by atoms with Gasteiger partial charge in [-0.05, 0) is 50.2 Å². The molecule has 4 aromatic rings. The predicted octanol–water partition coefficient (Wildman–Crippen LogP) is 3.06. The van der Waals surface area contributed by atoms with Crippen molar-refractivity contribution in [3.8, 4) is 11.8 Å². The molecule has 2 aromatic heterocycles. The van der Waals surface area contributed by atoms with Crippen molar-refractivity contribution in [1.29, 1.82) is 0 Å². The summed E-state index contributed by atoms with van der Waals surface area (Å²) in [6.45, 7) is 4.08. The first-order chi connectivity index (χ1) is 15.5. The average molecular weight is 432 g/mol. The van der Waals surface area contributed by atoms with Crippen molar-refractivity contribution in [2.24, 2.45) is 0 Å². The normalized spacial score (nSPS) is 16.3. The van der Waals surface area contributed by atoms with Crippen LogP contribution in [-0.2, 0) is 9.59 Å². The lowest BCUT2D eigenvalue weighted by molar-refractivity contribution is -0.121. The standard InChI is InChI=1S/C23H20N4O5/c1-3-31-15-10-8-14(9-11-15)26-19(28)12-16(21(26)29)20-13(2)25-27(22(20)30)23-24-17-6-4-5-7-18(17)32-23/h4-11,16,25H,3,12H2,1-2H3. The largest absolute Gasteiger partial charge is 0.494 e. The molecule has 3 heterocycles. The third kappa shape index (κ3) is 3.09. The van der Waals surface area contributed by atoms with Gasteiger partial charge in [-0.25, -0.2) is 4.90 Å². The molecule has 0 spiro atoms. The van der Waals surface area contributed by atoms with Gasteiger partial charge in [-0.2, -0.15) is 9.67 Å². The molecule has 9 nitrogen and oxygen atoms in total. The average Bonchev–Trinajstić information content (AvgIpc) is 3.42. The number of H-pyrrole nitrogens is 1. The van der Waals surface area contributed by atoms with Crippen LogP contribution in [0.5, 0.6) is 5.75 Å². The number of hydrogen-bond donors (Lipinski definition) is 1. The highest BCUT2D eigenvalue weighted by Crippen LogP contribution is 2.34. The Kier molecular flexibility index (Phi) is 4.66. The van der Waals surface area contributed by atoms with Crippen LogP contribution < -0.4 is 15.2 Å². The highest BCUT2D eigenvalue weighted by Gasteiger charge is 2.43. The van der Waals surface area contributed by atoms with E-state index in [1.807, 2.05) is 19.1 Å². The minimum atomic E-state index is -0.886. The van der Waals surface area contributed by atoms with E-state index in [1.54, 1.807) is 43.3 Å². The molecule has 162 valence electrons. The Morgan fingerprint density at radius 3 is 2.59 bits per heavy atom. The number of carbonyl (C=O) groups is 2. The van der Waals surface area contributed by atoms with Gasteiger partial charge in [0.1, 0.15) is 11.3 Å². The van der Waals surface area contributed by atoms with Crippen LogP contribution in [0.2, 0.25) is 0 Å². The van der Waals surface area contributed by atoms with Crippen LogP contribution in [0.15, 0.2) is 57.7 Å². The van der Waals surface area contributed by atoms with E-state index < -0.39 is 17.4 Å². The molecular weight excluding hydrogens is 412 g/mol. The zero-order valence-corrected chi connectivity index (χ0v) is 17.5. The Hall–Kier alpha value is -4.14. The highest BCUT2D eigenvalue weighted by molar-refractivity contribution is 6.22. The van der Waals surface area contributed by atoms with Crippen LogP contribution in [0.1, 0.15) is 30.5 Å². The summed E-state index contributed by atoms with van der Waals surface area (Å²) in [5, 5.41) is 2.93. The first kappa shape index (κ1) is 19.8. The van der Waals surface area contributed by atoms with E-state index in [2.05, 4.69) is 10.1 Å². The number of fused-ring (bicyclic) bond motifs is 1. The van der Waals surface area contributed by atoms with Crippen molar-refractivity contribution < 1.29 is 18.7 Å². The van der Waals surface area contributed by atoms with Crippen LogP contribution in [-0.4, -0.2) is 33.2 Å². The molecule has 2 aromatic carbocycles. The fourth-order valence-corrected chi connectivity index (χ4v) is 4.05. The molecule has 2 amide bonds. The van der Waals surface area contributed by atoms with E-state index in [0.29, 0.717) is 34.8 Å². The van der Waals surface area contributed by atoms with Gasteiger partial charge in [-0.3, -0.25) is 19.5 Å². The molecule has 1 unspecified atom stereocenters. The molecule has 9 heteroatoms. The number of rotatable bonds is 5. The van der Waals surface area contributed by atoms with Gasteiger partial charge in [0.2, 0.25) is 11.8 Å². The second-order valence-electron chi connectivity index (χ2n) is 7.51. The molecular formula is C23H20N4O5. The van der Waals surface area contributed by atoms with Gasteiger partial charge in [0.05, 0.1) is 23.8 Å². The van der Waals surface area contributed by atoms with Crippen molar-refractivity contribution in [3.63, 3.8) is 0 Å². The quantitative estimate of drug-likeness (QED) is 0.485. The van der Waals surface area contributed by atoms with Gasteiger partial charge >= 0.3 is 6.01 Å². The summed E-state index contributed by atoms with van der Waals surface area (Å²) >= 11 is 0. The lowest BCUT2D eigenvalue weighted by Crippen LogP contribution is -2.31. The maximum atomic E-state index is 13.2. The predicted molar refractivity (Wildman–Crippen MR) is 116 cm³/mol. The summed E-state index contributed by atoms with van der Waals surface area (Å²) in [6.07, 6.45) is -0.0897. The van der Waals surface area contributed by atoms with Crippen molar-refractivity contribution in [2.75, 3.05) is 11.5 Å². The van der Waals surface area contributed by atoms with Gasteiger partial charge in [-0.15, -0.1) is 0 Å². The first-order valence-electron chi connectivity index (χ1n) is 10.2. The number of anilines is 1. The second-order valence-corrected chi connectivity index (χ2v) is 7.51. The molecule has 1 atom stereocenters. The smallest absolute Gasteiger partial charge is 0.325 e. The van der Waals surface area contributed by atoms with E-state index in [9.17, 15) is 14.4 Å². The SMILES string of the molecule is CCOc1ccc(N2C(=O)CC(c3c(C)[nH]n(-c4nc5ccccc5o4)c3=O)C2=O)cc1. The zero-order valence-electron chi connectivity index (χ0n) is 17.5. The van der Waals surface area contributed by atoms with Crippen molar-refractivity contribution in [2.45, 2.75) is 26.2 Å². The van der Waals surface area contributed by atoms with Gasteiger partial charge in [0, 0.05) is 12.1 Å². The van der Waals surface area contributed by atoms with Crippen LogP contribution in [0.25, 0.3) is 17.1 Å². The number of oxazole rings is 1. The molecule has 0 saturated carbocycles. The van der Waals surface area contributed by atoms with Crippen molar-refractivity contribution in [3.05, 3.63) is 70.1 Å². The highest BCUT2D eigenvalue weighted by atomic mass is 16.5. The number of aryl methyl sites for hydroxylation is 1. The molecule has 5 rings (SSSR count). The van der Waals surface area contributed by atoms with Crippen LogP contribution >= 0.6 is 0 Å². The number of aromatic nitrogens is 3. The summed E-state index contributed by atoms with van der Waals surface area (Å²) in [6, 6.07) is 14.0. The fourth-order valence-electron chi connectivity index (χ4n) is 4.05. The van der Waals surface area contributed by atoms with Gasteiger partial charge in [-0.1, -0.05) is 12.1 Å². The Balaban J connectivity index is 1.49. The molecule has 1 fully saturated rings. The summed E-state index contributed by atoms with van der Waals surface area (Å²) in [4.78, 5) is 44.6. The number of imide groups is 1. The number of hydrogen-bond acceptors (Lipinski definition) is 6. The number of aromatic amines is 1. The van der Waals surface area contributed by atoms with Crippen LogP contribution in [0.3, 0.4) is 0 Å². The zero-order chi connectivity index (χ0) is 22.4. The maximum absolute atomic E-state index is 13.2. The van der Waals surface area contributed by atoms with Gasteiger partial charge < -0.3 is 9.15 Å². The third-order valence-corrected chi connectivity index (χ3v) is 5.49.